The second-order valence-electron chi connectivity index (χ2n) is 8.74. The summed E-state index contributed by atoms with van der Waals surface area (Å²) in [6, 6.07) is 24.2. The van der Waals surface area contributed by atoms with Crippen LogP contribution in [0.2, 0.25) is 0 Å². The number of nitrogens with zero attached hydrogens (tertiary/aromatic N) is 1. The van der Waals surface area contributed by atoms with Crippen LogP contribution < -0.4 is 4.74 Å². The van der Waals surface area contributed by atoms with E-state index in [2.05, 4.69) is 0 Å². The molecule has 1 heterocycles. The van der Waals surface area contributed by atoms with Crippen LogP contribution in [0.1, 0.15) is 35.3 Å². The van der Waals surface area contributed by atoms with Crippen LogP contribution in [0, 0.1) is 6.92 Å². The van der Waals surface area contributed by atoms with Gasteiger partial charge < -0.3 is 19.3 Å². The van der Waals surface area contributed by atoms with Crippen molar-refractivity contribution >= 4 is 12.0 Å². The maximum Gasteiger partial charge on any atom is 0.417 e. The average Bonchev–Trinajstić information content (AvgIpc) is 3.26. The van der Waals surface area contributed by atoms with E-state index in [0.717, 1.165) is 21.6 Å². The number of amides is 2. The molecule has 0 radical (unpaired) electrons. The highest BCUT2D eigenvalue weighted by Gasteiger charge is 2.43. The molecule has 1 N–H and O–H groups in total. The third-order valence-electron chi connectivity index (χ3n) is 6.20. The highest BCUT2D eigenvalue weighted by molar-refractivity contribution is 5.96. The molecule has 0 aromatic heterocycles. The lowest BCUT2D eigenvalue weighted by Gasteiger charge is -2.28. The lowest BCUT2D eigenvalue weighted by atomic mass is 9.97. The van der Waals surface area contributed by atoms with Gasteiger partial charge in [-0.25, -0.2) is 9.69 Å². The molecule has 7 nitrogen and oxygen atoms in total. The lowest BCUT2D eigenvalue weighted by molar-refractivity contribution is -0.149. The summed E-state index contributed by atoms with van der Waals surface area (Å²) < 4.78 is 16.8. The number of carbonyl (C=O) groups is 2. The van der Waals surface area contributed by atoms with Crippen LogP contribution in [0.4, 0.5) is 4.79 Å². The van der Waals surface area contributed by atoms with Crippen LogP contribution in [-0.4, -0.2) is 47.4 Å². The number of aliphatic hydroxyl groups is 1. The number of imide groups is 1. The molecule has 7 heteroatoms. The first-order chi connectivity index (χ1) is 17.5. The van der Waals surface area contributed by atoms with E-state index >= 15 is 0 Å². The largest absolute Gasteiger partial charge is 0.489 e. The normalized spacial score (nSPS) is 16.9. The maximum absolute atomic E-state index is 13.5. The first-order valence-corrected chi connectivity index (χ1v) is 12.1. The molecular formula is C29H31NO6. The Morgan fingerprint density at radius 3 is 2.36 bits per heavy atom. The zero-order valence-corrected chi connectivity index (χ0v) is 20.5. The molecule has 1 fully saturated rings. The van der Waals surface area contributed by atoms with Gasteiger partial charge >= 0.3 is 6.09 Å². The number of hydrogen-bond donors (Lipinski definition) is 1. The third-order valence-corrected chi connectivity index (χ3v) is 6.20. The quantitative estimate of drug-likeness (QED) is 0.448. The number of aliphatic hydroxyl groups excluding tert-OH is 1. The SMILES string of the molecule is CCOC(C(=O)N1C(=O)OC[C@@H]1Cc1ccccc1)C(O)c1ccc(OCc2ccccc2)cc1C. The molecule has 2 unspecified atom stereocenters. The number of ether oxygens (including phenoxy) is 3. The zero-order chi connectivity index (χ0) is 25.5. The summed E-state index contributed by atoms with van der Waals surface area (Å²) in [4.78, 5) is 27.1. The minimum absolute atomic E-state index is 0.0981. The van der Waals surface area contributed by atoms with Crippen LogP contribution >= 0.6 is 0 Å². The Hall–Kier alpha value is -3.68. The molecule has 3 aromatic rings. The van der Waals surface area contributed by atoms with Gasteiger partial charge in [0.1, 0.15) is 25.1 Å². The van der Waals surface area contributed by atoms with Crippen molar-refractivity contribution in [3.8, 4) is 5.75 Å². The zero-order valence-electron chi connectivity index (χ0n) is 20.5. The van der Waals surface area contributed by atoms with Gasteiger partial charge in [-0.05, 0) is 54.7 Å². The number of hydrogen-bond acceptors (Lipinski definition) is 6. The van der Waals surface area contributed by atoms with Gasteiger partial charge in [0.05, 0.1) is 6.04 Å². The van der Waals surface area contributed by atoms with Crippen LogP contribution in [0.15, 0.2) is 78.9 Å². The highest BCUT2D eigenvalue weighted by Crippen LogP contribution is 2.29. The molecule has 3 atom stereocenters. The minimum Gasteiger partial charge on any atom is -0.489 e. The molecule has 1 aliphatic rings. The van der Waals surface area contributed by atoms with E-state index in [1.807, 2.05) is 73.7 Å². The second kappa shape index (κ2) is 11.8. The Balaban J connectivity index is 1.49. The van der Waals surface area contributed by atoms with Crippen molar-refractivity contribution in [1.29, 1.82) is 0 Å². The van der Waals surface area contributed by atoms with Crippen molar-refractivity contribution in [3.63, 3.8) is 0 Å². The third kappa shape index (κ3) is 5.93. The maximum atomic E-state index is 13.5. The van der Waals surface area contributed by atoms with Crippen molar-refractivity contribution in [2.45, 2.75) is 45.1 Å². The molecule has 188 valence electrons. The van der Waals surface area contributed by atoms with Crippen LogP contribution in [0.5, 0.6) is 5.75 Å². The van der Waals surface area contributed by atoms with Crippen molar-refractivity contribution in [3.05, 3.63) is 101 Å². The summed E-state index contributed by atoms with van der Waals surface area (Å²) in [5, 5.41) is 11.2. The number of cyclic esters (lactones) is 1. The smallest absolute Gasteiger partial charge is 0.417 e. The molecule has 0 aliphatic carbocycles. The lowest BCUT2D eigenvalue weighted by Crippen LogP contribution is -2.48. The molecule has 0 saturated carbocycles. The van der Waals surface area contributed by atoms with Gasteiger partial charge in [0, 0.05) is 6.61 Å². The van der Waals surface area contributed by atoms with Gasteiger partial charge in [-0.1, -0.05) is 66.7 Å². The summed E-state index contributed by atoms with van der Waals surface area (Å²) in [6.45, 7) is 4.29. The molecule has 0 spiro atoms. The van der Waals surface area contributed by atoms with E-state index < -0.39 is 30.3 Å². The number of rotatable bonds is 10. The van der Waals surface area contributed by atoms with Gasteiger partial charge in [-0.2, -0.15) is 0 Å². The topological polar surface area (TPSA) is 85.3 Å². The van der Waals surface area contributed by atoms with Crippen LogP contribution in [0.25, 0.3) is 0 Å². The standard InChI is InChI=1S/C29H31NO6/c1-3-34-27(28(32)30-23(19-36-29(30)33)17-21-10-6-4-7-11-21)26(31)25-15-14-24(16-20(25)2)35-18-22-12-8-5-9-13-22/h4-16,23,26-27,31H,3,17-19H2,1-2H3/t23-,26?,27?/m0/s1. The van der Waals surface area contributed by atoms with Crippen LogP contribution in [-0.2, 0) is 27.3 Å². The summed E-state index contributed by atoms with van der Waals surface area (Å²) in [5.41, 5.74) is 3.30. The predicted octanol–water partition coefficient (Wildman–Crippen LogP) is 4.60. The van der Waals surface area contributed by atoms with E-state index in [1.165, 1.54) is 0 Å². The summed E-state index contributed by atoms with van der Waals surface area (Å²) >= 11 is 0. The van der Waals surface area contributed by atoms with Crippen molar-refractivity contribution in [2.24, 2.45) is 0 Å². The highest BCUT2D eigenvalue weighted by atomic mass is 16.6. The second-order valence-corrected chi connectivity index (χ2v) is 8.74. The molecular weight excluding hydrogens is 458 g/mol. The first-order valence-electron chi connectivity index (χ1n) is 12.1. The van der Waals surface area contributed by atoms with E-state index in [1.54, 1.807) is 19.1 Å². The fourth-order valence-corrected chi connectivity index (χ4v) is 4.35. The predicted molar refractivity (Wildman–Crippen MR) is 134 cm³/mol. The van der Waals surface area contributed by atoms with E-state index in [-0.39, 0.29) is 13.2 Å². The number of carbonyl (C=O) groups excluding carboxylic acids is 2. The van der Waals surface area contributed by atoms with Gasteiger partial charge in [0.25, 0.3) is 5.91 Å². The fourth-order valence-electron chi connectivity index (χ4n) is 4.35. The fraction of sp³-hybridized carbons (Fsp3) is 0.310. The number of aryl methyl sites for hydroxylation is 1. The van der Waals surface area contributed by atoms with Gasteiger partial charge in [-0.15, -0.1) is 0 Å². The Morgan fingerprint density at radius 1 is 1.06 bits per heavy atom. The molecule has 0 bridgehead atoms. The Kier molecular flexibility index (Phi) is 8.36. The monoisotopic (exact) mass is 489 g/mol. The molecule has 2 amide bonds. The van der Waals surface area contributed by atoms with Crippen molar-refractivity contribution in [2.75, 3.05) is 13.2 Å². The van der Waals surface area contributed by atoms with Crippen molar-refractivity contribution in [1.82, 2.24) is 4.90 Å². The van der Waals surface area contributed by atoms with E-state index in [9.17, 15) is 14.7 Å². The molecule has 36 heavy (non-hydrogen) atoms. The molecule has 1 saturated heterocycles. The Morgan fingerprint density at radius 2 is 1.72 bits per heavy atom. The van der Waals surface area contributed by atoms with Crippen molar-refractivity contribution < 1.29 is 28.9 Å². The summed E-state index contributed by atoms with van der Waals surface area (Å²) in [5.74, 6) is 0.0363. The van der Waals surface area contributed by atoms with E-state index in [0.29, 0.717) is 24.3 Å². The molecule has 4 rings (SSSR count). The minimum atomic E-state index is -1.27. The van der Waals surface area contributed by atoms with Gasteiger partial charge in [-0.3, -0.25) is 4.79 Å². The van der Waals surface area contributed by atoms with Gasteiger partial charge in [0.15, 0.2) is 6.10 Å². The van der Waals surface area contributed by atoms with E-state index in [4.69, 9.17) is 14.2 Å². The first kappa shape index (κ1) is 25.4. The number of benzene rings is 3. The average molecular weight is 490 g/mol. The van der Waals surface area contributed by atoms with Gasteiger partial charge in [0.2, 0.25) is 0 Å². The summed E-state index contributed by atoms with van der Waals surface area (Å²) in [7, 11) is 0. The Bertz CT molecular complexity index is 1170. The Labute approximate surface area is 211 Å². The van der Waals surface area contributed by atoms with Crippen LogP contribution in [0.3, 0.4) is 0 Å². The molecule has 3 aromatic carbocycles. The molecule has 1 aliphatic heterocycles. The summed E-state index contributed by atoms with van der Waals surface area (Å²) in [6.07, 6.45) is -2.79.